The van der Waals surface area contributed by atoms with Crippen LogP contribution in [0.3, 0.4) is 0 Å². The third kappa shape index (κ3) is 1.42. The molecule has 4 rings (SSSR count). The van der Waals surface area contributed by atoms with E-state index in [1.54, 1.807) is 30.3 Å². The molecule has 0 N–H and O–H groups in total. The summed E-state index contributed by atoms with van der Waals surface area (Å²) < 4.78 is 11.1. The minimum atomic E-state index is -0.122. The minimum Gasteiger partial charge on any atom is -0.463 e. The minimum absolute atomic E-state index is 0.122. The van der Waals surface area contributed by atoms with Gasteiger partial charge in [0.05, 0.1) is 22.6 Å². The van der Waals surface area contributed by atoms with Crippen molar-refractivity contribution in [1.29, 1.82) is 0 Å². The Morgan fingerprint density at radius 3 is 2.65 bits per heavy atom. The van der Waals surface area contributed by atoms with Crippen molar-refractivity contribution in [3.8, 4) is 11.3 Å². The summed E-state index contributed by atoms with van der Waals surface area (Å²) in [5.41, 5.74) is 1.24. The van der Waals surface area contributed by atoms with Gasteiger partial charge in [0, 0.05) is 6.07 Å². The third-order valence-corrected chi connectivity index (χ3v) is 3.36. The highest BCUT2D eigenvalue weighted by atomic mass is 16.3. The molecule has 0 radical (unpaired) electrons. The number of hydrogen-bond acceptors (Lipinski definition) is 4. The monoisotopic (exact) mass is 264 g/mol. The smallest absolute Gasteiger partial charge is 0.192 e. The van der Waals surface area contributed by atoms with Crippen molar-refractivity contribution < 1.29 is 8.83 Å². The van der Waals surface area contributed by atoms with E-state index in [4.69, 9.17) is 8.83 Å². The van der Waals surface area contributed by atoms with Gasteiger partial charge in [-0.2, -0.15) is 0 Å². The Kier molecular flexibility index (Phi) is 2.09. The average molecular weight is 264 g/mol. The normalized spacial score (nSPS) is 11.4. The van der Waals surface area contributed by atoms with E-state index < -0.39 is 0 Å². The fraction of sp³-hybridized carbons (Fsp3) is 0. The second-order valence-corrected chi connectivity index (χ2v) is 4.55. The second kappa shape index (κ2) is 3.81. The molecule has 1 aromatic heterocycles. The Labute approximate surface area is 112 Å². The summed E-state index contributed by atoms with van der Waals surface area (Å²) in [4.78, 5) is 23.7. The first-order chi connectivity index (χ1) is 9.74. The van der Waals surface area contributed by atoms with E-state index >= 15 is 0 Å². The summed E-state index contributed by atoms with van der Waals surface area (Å²) in [7, 11) is 0. The molecule has 0 saturated heterocycles. The van der Waals surface area contributed by atoms with Gasteiger partial charge in [-0.25, -0.2) is 0 Å². The quantitative estimate of drug-likeness (QED) is 0.362. The third-order valence-electron chi connectivity index (χ3n) is 3.36. The van der Waals surface area contributed by atoms with Crippen LogP contribution in [0.5, 0.6) is 0 Å². The molecule has 0 atom stereocenters. The molecular formula is C16H8O4. The molecule has 96 valence electrons. The topological polar surface area (TPSA) is 60.4 Å². The van der Waals surface area contributed by atoms with Gasteiger partial charge in [0.25, 0.3) is 0 Å². The van der Waals surface area contributed by atoms with Crippen LogP contribution >= 0.6 is 0 Å². The first kappa shape index (κ1) is 11.0. The summed E-state index contributed by atoms with van der Waals surface area (Å²) >= 11 is 0. The molecule has 0 unspecified atom stereocenters. The molecule has 2 heterocycles. The average Bonchev–Trinajstić information content (AvgIpc) is 2.46. The SMILES string of the molecule is O=c1cccc2oc3ccc4c(=O)ccoc4c3cc1-2. The van der Waals surface area contributed by atoms with Crippen molar-refractivity contribution in [1.82, 2.24) is 0 Å². The highest BCUT2D eigenvalue weighted by Gasteiger charge is 2.13. The zero-order valence-corrected chi connectivity index (χ0v) is 10.3. The predicted octanol–water partition coefficient (Wildman–Crippen LogP) is 3.00. The Balaban J connectivity index is 2.31. The number of benzene rings is 2. The van der Waals surface area contributed by atoms with Gasteiger partial charge < -0.3 is 8.83 Å². The highest BCUT2D eigenvalue weighted by molar-refractivity contribution is 6.03. The lowest BCUT2D eigenvalue weighted by Crippen LogP contribution is -2.03. The maximum absolute atomic E-state index is 11.9. The molecule has 2 aromatic rings. The van der Waals surface area contributed by atoms with Crippen LogP contribution in [0, 0.1) is 0 Å². The first-order valence-electron chi connectivity index (χ1n) is 6.11. The van der Waals surface area contributed by atoms with E-state index in [1.165, 1.54) is 18.4 Å². The van der Waals surface area contributed by atoms with Gasteiger partial charge in [0.1, 0.15) is 16.9 Å². The van der Waals surface area contributed by atoms with E-state index in [0.29, 0.717) is 33.3 Å². The summed E-state index contributed by atoms with van der Waals surface area (Å²) in [6.45, 7) is 0. The molecule has 1 aromatic carbocycles. The van der Waals surface area contributed by atoms with Gasteiger partial charge >= 0.3 is 0 Å². The second-order valence-electron chi connectivity index (χ2n) is 4.55. The molecule has 1 aliphatic carbocycles. The maximum Gasteiger partial charge on any atom is 0.192 e. The van der Waals surface area contributed by atoms with Gasteiger partial charge in [-0.3, -0.25) is 9.59 Å². The Hall–Kier alpha value is -2.88. The van der Waals surface area contributed by atoms with Crippen LogP contribution in [0.15, 0.2) is 67.2 Å². The summed E-state index contributed by atoms with van der Waals surface area (Å²) in [5.74, 6) is 0.516. The predicted molar refractivity (Wildman–Crippen MR) is 75.1 cm³/mol. The lowest BCUT2D eigenvalue weighted by atomic mass is 10.1. The molecule has 4 nitrogen and oxygen atoms in total. The van der Waals surface area contributed by atoms with Crippen molar-refractivity contribution in [2.75, 3.05) is 0 Å². The molecule has 4 heteroatoms. The van der Waals surface area contributed by atoms with Crippen LogP contribution in [0.25, 0.3) is 33.3 Å². The zero-order valence-electron chi connectivity index (χ0n) is 10.3. The van der Waals surface area contributed by atoms with Crippen molar-refractivity contribution in [2.45, 2.75) is 0 Å². The van der Waals surface area contributed by atoms with Crippen LogP contribution in [-0.4, -0.2) is 0 Å². The van der Waals surface area contributed by atoms with E-state index in [1.807, 2.05) is 0 Å². The van der Waals surface area contributed by atoms with E-state index in [-0.39, 0.29) is 10.9 Å². The van der Waals surface area contributed by atoms with Crippen LogP contribution in [0.4, 0.5) is 0 Å². The molecule has 0 amide bonds. The van der Waals surface area contributed by atoms with Crippen LogP contribution in [0.2, 0.25) is 0 Å². The fourth-order valence-corrected chi connectivity index (χ4v) is 2.40. The summed E-state index contributed by atoms with van der Waals surface area (Å²) in [5, 5.41) is 1.09. The van der Waals surface area contributed by atoms with Crippen molar-refractivity contribution in [3.63, 3.8) is 0 Å². The van der Waals surface area contributed by atoms with Gasteiger partial charge in [-0.15, -0.1) is 0 Å². The molecule has 0 fully saturated rings. The molecule has 0 saturated carbocycles. The van der Waals surface area contributed by atoms with Crippen molar-refractivity contribution in [3.05, 3.63) is 69.2 Å². The number of rotatable bonds is 0. The van der Waals surface area contributed by atoms with Crippen LogP contribution in [-0.2, 0) is 0 Å². The Bertz CT molecular complexity index is 1040. The molecular weight excluding hydrogens is 256 g/mol. The highest BCUT2D eigenvalue weighted by Crippen LogP contribution is 2.29. The Morgan fingerprint density at radius 2 is 1.75 bits per heavy atom. The lowest BCUT2D eigenvalue weighted by Gasteiger charge is -2.07. The van der Waals surface area contributed by atoms with E-state index in [0.717, 1.165) is 0 Å². The van der Waals surface area contributed by atoms with E-state index in [9.17, 15) is 9.59 Å². The molecule has 1 aliphatic heterocycles. The molecule has 20 heavy (non-hydrogen) atoms. The molecule has 0 spiro atoms. The molecule has 2 aliphatic rings. The van der Waals surface area contributed by atoms with Gasteiger partial charge in [0.15, 0.2) is 10.9 Å². The summed E-state index contributed by atoms with van der Waals surface area (Å²) in [6, 6.07) is 11.3. The lowest BCUT2D eigenvalue weighted by molar-refractivity contribution is 0.599. The van der Waals surface area contributed by atoms with E-state index in [2.05, 4.69) is 0 Å². The van der Waals surface area contributed by atoms with Crippen LogP contribution in [0.1, 0.15) is 0 Å². The van der Waals surface area contributed by atoms with Crippen molar-refractivity contribution >= 4 is 21.9 Å². The van der Waals surface area contributed by atoms with Gasteiger partial charge in [0.2, 0.25) is 0 Å². The standard InChI is InChI=1S/C16H8O4/c17-12-2-1-3-14-10(12)8-11-15(20-14)5-4-9-13(18)6-7-19-16(9)11/h1-8H. The largest absolute Gasteiger partial charge is 0.463 e. The summed E-state index contributed by atoms with van der Waals surface area (Å²) in [6.07, 6.45) is 1.34. The van der Waals surface area contributed by atoms with Gasteiger partial charge in [-0.1, -0.05) is 6.07 Å². The number of hydrogen-bond donors (Lipinski definition) is 0. The maximum atomic E-state index is 11.9. The molecule has 0 bridgehead atoms. The first-order valence-corrected chi connectivity index (χ1v) is 6.11. The number of fused-ring (bicyclic) bond motifs is 4. The Morgan fingerprint density at radius 1 is 0.850 bits per heavy atom. The van der Waals surface area contributed by atoms with Crippen LogP contribution < -0.4 is 10.9 Å². The fourth-order valence-electron chi connectivity index (χ4n) is 2.40. The van der Waals surface area contributed by atoms with Crippen molar-refractivity contribution in [2.24, 2.45) is 0 Å². The van der Waals surface area contributed by atoms with Gasteiger partial charge in [-0.05, 0) is 30.3 Å². The zero-order chi connectivity index (χ0) is 13.7.